The van der Waals surface area contributed by atoms with E-state index in [-0.39, 0.29) is 6.03 Å². The van der Waals surface area contributed by atoms with Crippen LogP contribution < -0.4 is 5.32 Å². The number of aliphatic hydroxyl groups is 1. The molecular weight excluding hydrogens is 212 g/mol. The molecule has 0 bridgehead atoms. The molecule has 6 heteroatoms. The van der Waals surface area contributed by atoms with Crippen LogP contribution in [0.25, 0.3) is 0 Å². The number of carbonyl (C=O) groups excluding carboxylic acids is 1. The van der Waals surface area contributed by atoms with Crippen LogP contribution in [0.4, 0.5) is 4.79 Å². The molecule has 94 valence electrons. The maximum absolute atomic E-state index is 11.6. The fourth-order valence-electron chi connectivity index (χ4n) is 1.50. The highest BCUT2D eigenvalue weighted by Crippen LogP contribution is 1.97. The first-order valence-corrected chi connectivity index (χ1v) is 5.51. The number of aliphatic hydroxyl groups excluding tert-OH is 1. The lowest BCUT2D eigenvalue weighted by Gasteiger charge is -2.27. The van der Waals surface area contributed by atoms with Crippen molar-refractivity contribution in [3.63, 3.8) is 0 Å². The molecule has 0 aliphatic carbocycles. The fourth-order valence-corrected chi connectivity index (χ4v) is 1.50. The van der Waals surface area contributed by atoms with Gasteiger partial charge in [-0.05, 0) is 6.42 Å². The van der Waals surface area contributed by atoms with Crippen LogP contribution in [0.3, 0.4) is 0 Å². The van der Waals surface area contributed by atoms with Gasteiger partial charge in [0.2, 0.25) is 0 Å². The van der Waals surface area contributed by atoms with E-state index in [1.165, 1.54) is 7.11 Å². The number of hydrogen-bond donors (Lipinski definition) is 2. The zero-order chi connectivity index (χ0) is 11.8. The molecule has 1 unspecified atom stereocenters. The Morgan fingerprint density at radius 2 is 2.25 bits per heavy atom. The van der Waals surface area contributed by atoms with Crippen molar-refractivity contribution in [1.82, 2.24) is 10.2 Å². The van der Waals surface area contributed by atoms with Gasteiger partial charge >= 0.3 is 6.03 Å². The van der Waals surface area contributed by atoms with Gasteiger partial charge < -0.3 is 24.8 Å². The molecule has 1 heterocycles. The average Bonchev–Trinajstić information content (AvgIpc) is 2.30. The third-order valence-electron chi connectivity index (χ3n) is 2.41. The minimum Gasteiger partial charge on any atom is -0.391 e. The molecule has 1 fully saturated rings. The van der Waals surface area contributed by atoms with Gasteiger partial charge in [-0.25, -0.2) is 4.79 Å². The summed E-state index contributed by atoms with van der Waals surface area (Å²) in [7, 11) is 1.54. The highest BCUT2D eigenvalue weighted by atomic mass is 16.5. The first kappa shape index (κ1) is 13.2. The lowest BCUT2D eigenvalue weighted by molar-refractivity contribution is 0.0502. The van der Waals surface area contributed by atoms with Crippen LogP contribution in [0.1, 0.15) is 6.42 Å². The summed E-state index contributed by atoms with van der Waals surface area (Å²) in [4.78, 5) is 13.3. The number of urea groups is 1. The van der Waals surface area contributed by atoms with Gasteiger partial charge in [0, 0.05) is 26.7 Å². The maximum Gasteiger partial charge on any atom is 0.317 e. The Morgan fingerprint density at radius 3 is 2.88 bits per heavy atom. The van der Waals surface area contributed by atoms with E-state index in [1.807, 2.05) is 0 Å². The summed E-state index contributed by atoms with van der Waals surface area (Å²) in [5.41, 5.74) is 0. The van der Waals surface area contributed by atoms with Gasteiger partial charge in [-0.2, -0.15) is 0 Å². The van der Waals surface area contributed by atoms with E-state index in [0.717, 1.165) is 0 Å². The van der Waals surface area contributed by atoms with E-state index in [1.54, 1.807) is 4.90 Å². The predicted molar refractivity (Wildman–Crippen MR) is 58.3 cm³/mol. The molecule has 0 radical (unpaired) electrons. The number of nitrogens with zero attached hydrogens (tertiary/aromatic N) is 1. The Morgan fingerprint density at radius 1 is 1.56 bits per heavy atom. The van der Waals surface area contributed by atoms with Gasteiger partial charge in [-0.15, -0.1) is 0 Å². The summed E-state index contributed by atoms with van der Waals surface area (Å²) in [5.74, 6) is 0. The highest BCUT2D eigenvalue weighted by Gasteiger charge is 2.16. The van der Waals surface area contributed by atoms with Crippen LogP contribution in [-0.2, 0) is 9.47 Å². The Kier molecular flexibility index (Phi) is 6.14. The Balaban J connectivity index is 2.09. The average molecular weight is 232 g/mol. The van der Waals surface area contributed by atoms with Crippen LogP contribution in [0, 0.1) is 0 Å². The van der Waals surface area contributed by atoms with Crippen molar-refractivity contribution in [3.05, 3.63) is 0 Å². The van der Waals surface area contributed by atoms with Crippen molar-refractivity contribution >= 4 is 6.03 Å². The van der Waals surface area contributed by atoms with Gasteiger partial charge in [0.15, 0.2) is 0 Å². The molecule has 0 aromatic carbocycles. The molecule has 6 nitrogen and oxygen atoms in total. The van der Waals surface area contributed by atoms with Crippen molar-refractivity contribution in [2.24, 2.45) is 0 Å². The predicted octanol–water partition coefficient (Wildman–Crippen LogP) is -0.574. The number of nitrogens with one attached hydrogen (secondary N) is 1. The van der Waals surface area contributed by atoms with Crippen molar-refractivity contribution < 1.29 is 19.4 Å². The summed E-state index contributed by atoms with van der Waals surface area (Å²) < 4.78 is 9.93. The molecule has 0 aromatic heterocycles. The third kappa shape index (κ3) is 4.78. The van der Waals surface area contributed by atoms with E-state index in [9.17, 15) is 9.90 Å². The SMILES string of the molecule is COCC(O)CCNC(=O)N1CCOCC1. The number of ether oxygens (including phenoxy) is 2. The number of amides is 2. The molecule has 1 atom stereocenters. The molecule has 2 N–H and O–H groups in total. The van der Waals surface area contributed by atoms with Gasteiger partial charge in [0.1, 0.15) is 0 Å². The van der Waals surface area contributed by atoms with Crippen LogP contribution in [0.15, 0.2) is 0 Å². The standard InChI is InChI=1S/C10H20N2O4/c1-15-8-9(13)2-3-11-10(14)12-4-6-16-7-5-12/h9,13H,2-8H2,1H3,(H,11,14). The molecule has 0 saturated carbocycles. The van der Waals surface area contributed by atoms with Crippen LogP contribution in [0.5, 0.6) is 0 Å². The third-order valence-corrected chi connectivity index (χ3v) is 2.41. The summed E-state index contributed by atoms with van der Waals surface area (Å²) in [6.07, 6.45) is -0.0146. The molecule has 2 amide bonds. The monoisotopic (exact) mass is 232 g/mol. The van der Waals surface area contributed by atoms with Crippen LogP contribution in [0.2, 0.25) is 0 Å². The molecular formula is C10H20N2O4. The Labute approximate surface area is 95.5 Å². The minimum absolute atomic E-state index is 0.0899. The largest absolute Gasteiger partial charge is 0.391 e. The normalized spacial score (nSPS) is 18.2. The topological polar surface area (TPSA) is 71.0 Å². The van der Waals surface area contributed by atoms with E-state index >= 15 is 0 Å². The number of morpholine rings is 1. The van der Waals surface area contributed by atoms with Gasteiger partial charge in [0.25, 0.3) is 0 Å². The van der Waals surface area contributed by atoms with Crippen LogP contribution in [-0.4, -0.2) is 68.7 Å². The fraction of sp³-hybridized carbons (Fsp3) is 0.900. The summed E-state index contributed by atoms with van der Waals surface area (Å²) >= 11 is 0. The van der Waals surface area contributed by atoms with E-state index < -0.39 is 6.10 Å². The summed E-state index contributed by atoms with van der Waals surface area (Å²) in [6, 6.07) is -0.0899. The number of rotatable bonds is 5. The second-order valence-corrected chi connectivity index (χ2v) is 3.73. The van der Waals surface area contributed by atoms with Crippen molar-refractivity contribution in [2.45, 2.75) is 12.5 Å². The lowest BCUT2D eigenvalue weighted by Crippen LogP contribution is -2.46. The number of methoxy groups -OCH3 is 1. The second kappa shape index (κ2) is 7.43. The molecule has 1 rings (SSSR count). The van der Waals surface area contributed by atoms with E-state index in [4.69, 9.17) is 9.47 Å². The first-order valence-electron chi connectivity index (χ1n) is 5.51. The maximum atomic E-state index is 11.6. The molecule has 1 aliphatic rings. The van der Waals surface area contributed by atoms with E-state index in [0.29, 0.717) is 45.9 Å². The Hall–Kier alpha value is -0.850. The highest BCUT2D eigenvalue weighted by molar-refractivity contribution is 5.74. The van der Waals surface area contributed by atoms with Crippen LogP contribution >= 0.6 is 0 Å². The molecule has 1 aliphatic heterocycles. The number of carbonyl (C=O) groups is 1. The number of hydrogen-bond acceptors (Lipinski definition) is 4. The van der Waals surface area contributed by atoms with Gasteiger partial charge in [-0.3, -0.25) is 0 Å². The zero-order valence-electron chi connectivity index (χ0n) is 9.65. The van der Waals surface area contributed by atoms with Crippen molar-refractivity contribution in [2.75, 3.05) is 46.6 Å². The summed E-state index contributed by atoms with van der Waals surface area (Å²) in [6.45, 7) is 3.21. The Bertz CT molecular complexity index is 207. The van der Waals surface area contributed by atoms with Gasteiger partial charge in [0.05, 0.1) is 25.9 Å². The smallest absolute Gasteiger partial charge is 0.317 e. The minimum atomic E-state index is -0.519. The molecule has 16 heavy (non-hydrogen) atoms. The lowest BCUT2D eigenvalue weighted by atomic mass is 10.3. The van der Waals surface area contributed by atoms with Gasteiger partial charge in [-0.1, -0.05) is 0 Å². The second-order valence-electron chi connectivity index (χ2n) is 3.73. The van der Waals surface area contributed by atoms with Crippen molar-refractivity contribution in [1.29, 1.82) is 0 Å². The molecule has 0 spiro atoms. The zero-order valence-corrected chi connectivity index (χ0v) is 9.65. The quantitative estimate of drug-likeness (QED) is 0.665. The summed E-state index contributed by atoms with van der Waals surface area (Å²) in [5, 5.41) is 12.1. The molecule has 0 aromatic rings. The molecule has 1 saturated heterocycles. The van der Waals surface area contributed by atoms with Crippen molar-refractivity contribution in [3.8, 4) is 0 Å². The first-order chi connectivity index (χ1) is 7.74. The van der Waals surface area contributed by atoms with E-state index in [2.05, 4.69) is 5.32 Å².